The maximum absolute atomic E-state index is 11.5. The third-order valence-corrected chi connectivity index (χ3v) is 3.06. The highest BCUT2D eigenvalue weighted by Gasteiger charge is 2.22. The fraction of sp³-hybridized carbons (Fsp3) is 0.400. The zero-order valence-electron chi connectivity index (χ0n) is 8.66. The average molecular weight is 285 g/mol. The van der Waals surface area contributed by atoms with Gasteiger partial charge in [0.1, 0.15) is 11.9 Å². The van der Waals surface area contributed by atoms with Crippen molar-refractivity contribution in [3.8, 4) is 0 Å². The number of hydrogen-bond donors (Lipinski definition) is 3. The molecule has 1 amide bonds. The summed E-state index contributed by atoms with van der Waals surface area (Å²) in [5.74, 6) is 0.674. The van der Waals surface area contributed by atoms with Gasteiger partial charge in [0.05, 0.1) is 16.4 Å². The summed E-state index contributed by atoms with van der Waals surface area (Å²) in [7, 11) is 0. The predicted octanol–water partition coefficient (Wildman–Crippen LogP) is 1.12. The number of pyridine rings is 1. The Morgan fingerprint density at radius 1 is 1.62 bits per heavy atom. The molecule has 0 aromatic carbocycles. The highest BCUT2D eigenvalue weighted by molar-refractivity contribution is 9.10. The first kappa shape index (κ1) is 11.2. The summed E-state index contributed by atoms with van der Waals surface area (Å²) in [4.78, 5) is 15.7. The molecular weight excluding hydrogens is 272 g/mol. The summed E-state index contributed by atoms with van der Waals surface area (Å²) < 4.78 is 0.769. The number of halogens is 1. The normalized spacial score (nSPS) is 20.3. The molecule has 16 heavy (non-hydrogen) atoms. The summed E-state index contributed by atoms with van der Waals surface area (Å²) in [6, 6.07) is 1.55. The fourth-order valence-electron chi connectivity index (χ4n) is 1.63. The highest BCUT2D eigenvalue weighted by atomic mass is 79.9. The summed E-state index contributed by atoms with van der Waals surface area (Å²) in [5.41, 5.74) is 6.18. The van der Waals surface area contributed by atoms with E-state index in [9.17, 15) is 4.79 Å². The van der Waals surface area contributed by atoms with Crippen molar-refractivity contribution in [2.75, 3.05) is 17.6 Å². The third-order valence-electron chi connectivity index (χ3n) is 2.46. The number of carbonyl (C=O) groups excluding carboxylic acids is 1. The first-order chi connectivity index (χ1) is 7.66. The van der Waals surface area contributed by atoms with Crippen LogP contribution in [0.3, 0.4) is 0 Å². The quantitative estimate of drug-likeness (QED) is 0.760. The Morgan fingerprint density at radius 3 is 3.12 bits per heavy atom. The van der Waals surface area contributed by atoms with Crippen molar-refractivity contribution in [3.63, 3.8) is 0 Å². The zero-order valence-corrected chi connectivity index (χ0v) is 10.3. The van der Waals surface area contributed by atoms with Crippen molar-refractivity contribution in [2.45, 2.75) is 18.9 Å². The van der Waals surface area contributed by atoms with Gasteiger partial charge in [-0.1, -0.05) is 0 Å². The first-order valence-electron chi connectivity index (χ1n) is 5.12. The van der Waals surface area contributed by atoms with Crippen LogP contribution in [-0.2, 0) is 4.79 Å². The van der Waals surface area contributed by atoms with E-state index in [4.69, 9.17) is 5.73 Å². The summed E-state index contributed by atoms with van der Waals surface area (Å²) in [6.07, 6.45) is 3.37. The van der Waals surface area contributed by atoms with E-state index in [1.807, 2.05) is 0 Å². The lowest BCUT2D eigenvalue weighted by Gasteiger charge is -2.23. The molecule has 1 unspecified atom stereocenters. The van der Waals surface area contributed by atoms with Gasteiger partial charge in [0, 0.05) is 6.54 Å². The molecule has 1 fully saturated rings. The van der Waals surface area contributed by atoms with Gasteiger partial charge in [-0.3, -0.25) is 4.79 Å². The molecule has 5 nitrogen and oxygen atoms in total. The van der Waals surface area contributed by atoms with Crippen LogP contribution in [-0.4, -0.2) is 23.5 Å². The van der Waals surface area contributed by atoms with Gasteiger partial charge in [0.2, 0.25) is 5.91 Å². The minimum absolute atomic E-state index is 0.0248. The number of nitrogen functional groups attached to an aromatic ring is 1. The number of nitrogens with one attached hydrogen (secondary N) is 2. The molecule has 1 aliphatic heterocycles. The van der Waals surface area contributed by atoms with Gasteiger partial charge in [-0.2, -0.15) is 0 Å². The summed E-state index contributed by atoms with van der Waals surface area (Å²) in [6.45, 7) is 0.757. The fourth-order valence-corrected chi connectivity index (χ4v) is 2.11. The molecule has 2 rings (SSSR count). The molecule has 0 radical (unpaired) electrons. The van der Waals surface area contributed by atoms with Crippen molar-refractivity contribution >= 4 is 33.3 Å². The second-order valence-corrected chi connectivity index (χ2v) is 4.58. The number of rotatable bonds is 2. The molecule has 0 spiro atoms. The Labute approximate surface area is 102 Å². The monoisotopic (exact) mass is 284 g/mol. The topological polar surface area (TPSA) is 80.0 Å². The van der Waals surface area contributed by atoms with E-state index in [0.717, 1.165) is 23.9 Å². The number of hydrogen-bond acceptors (Lipinski definition) is 4. The Bertz CT molecular complexity index is 410. The van der Waals surface area contributed by atoms with Crippen molar-refractivity contribution < 1.29 is 4.79 Å². The van der Waals surface area contributed by atoms with Gasteiger partial charge in [0.15, 0.2) is 0 Å². The highest BCUT2D eigenvalue weighted by Crippen LogP contribution is 2.23. The van der Waals surface area contributed by atoms with Crippen LogP contribution in [0.5, 0.6) is 0 Å². The molecule has 6 heteroatoms. The van der Waals surface area contributed by atoms with E-state index in [0.29, 0.717) is 11.5 Å². The average Bonchev–Trinajstić information content (AvgIpc) is 2.25. The van der Waals surface area contributed by atoms with Crippen molar-refractivity contribution in [1.29, 1.82) is 0 Å². The number of nitrogens with two attached hydrogens (primary N) is 1. The van der Waals surface area contributed by atoms with Gasteiger partial charge in [-0.15, -0.1) is 0 Å². The number of amides is 1. The molecule has 1 aromatic rings. The molecule has 86 valence electrons. The van der Waals surface area contributed by atoms with Gasteiger partial charge in [0.25, 0.3) is 0 Å². The second-order valence-electron chi connectivity index (χ2n) is 3.73. The van der Waals surface area contributed by atoms with Crippen LogP contribution in [0.2, 0.25) is 0 Å². The standard InChI is InChI=1S/C10H13BrN4O/c11-7-4-6(12)5-14-9(7)15-8-2-1-3-13-10(8)16/h4-5,8H,1-3,12H2,(H,13,16)(H,14,15). The molecule has 0 saturated carbocycles. The van der Waals surface area contributed by atoms with E-state index in [1.54, 1.807) is 12.3 Å². The van der Waals surface area contributed by atoms with Gasteiger partial charge in [-0.05, 0) is 34.8 Å². The Hall–Kier alpha value is -1.30. The molecule has 1 aliphatic rings. The van der Waals surface area contributed by atoms with Crippen molar-refractivity contribution in [2.24, 2.45) is 0 Å². The molecule has 0 bridgehead atoms. The minimum atomic E-state index is -0.207. The first-order valence-corrected chi connectivity index (χ1v) is 5.91. The van der Waals surface area contributed by atoms with Crippen LogP contribution in [0.25, 0.3) is 0 Å². The number of carbonyl (C=O) groups is 1. The number of anilines is 2. The van der Waals surface area contributed by atoms with Crippen molar-refractivity contribution in [1.82, 2.24) is 10.3 Å². The molecule has 0 aliphatic carbocycles. The van der Waals surface area contributed by atoms with E-state index < -0.39 is 0 Å². The smallest absolute Gasteiger partial charge is 0.242 e. The lowest BCUT2D eigenvalue weighted by atomic mass is 10.1. The van der Waals surface area contributed by atoms with Gasteiger partial charge < -0.3 is 16.4 Å². The molecule has 1 atom stereocenters. The van der Waals surface area contributed by atoms with Crippen LogP contribution in [0, 0.1) is 0 Å². The van der Waals surface area contributed by atoms with E-state index >= 15 is 0 Å². The van der Waals surface area contributed by atoms with Crippen LogP contribution < -0.4 is 16.4 Å². The lowest BCUT2D eigenvalue weighted by molar-refractivity contribution is -0.123. The molecule has 1 saturated heterocycles. The zero-order chi connectivity index (χ0) is 11.5. The van der Waals surface area contributed by atoms with E-state index in [2.05, 4.69) is 31.5 Å². The van der Waals surface area contributed by atoms with E-state index in [-0.39, 0.29) is 11.9 Å². The van der Waals surface area contributed by atoms with Gasteiger partial charge >= 0.3 is 0 Å². The van der Waals surface area contributed by atoms with Crippen LogP contribution >= 0.6 is 15.9 Å². The van der Waals surface area contributed by atoms with Crippen LogP contribution in [0.15, 0.2) is 16.7 Å². The minimum Gasteiger partial charge on any atom is -0.397 e. The predicted molar refractivity (Wildman–Crippen MR) is 66.0 cm³/mol. The van der Waals surface area contributed by atoms with Crippen molar-refractivity contribution in [3.05, 3.63) is 16.7 Å². The van der Waals surface area contributed by atoms with Crippen LogP contribution in [0.4, 0.5) is 11.5 Å². The van der Waals surface area contributed by atoms with Crippen LogP contribution in [0.1, 0.15) is 12.8 Å². The summed E-state index contributed by atoms with van der Waals surface area (Å²) >= 11 is 3.36. The number of nitrogens with zero attached hydrogens (tertiary/aromatic N) is 1. The SMILES string of the molecule is Nc1cnc(NC2CCCNC2=O)c(Br)c1. The Balaban J connectivity index is 2.10. The Morgan fingerprint density at radius 2 is 2.44 bits per heavy atom. The largest absolute Gasteiger partial charge is 0.397 e. The maximum atomic E-state index is 11.5. The van der Waals surface area contributed by atoms with Gasteiger partial charge in [-0.25, -0.2) is 4.98 Å². The van der Waals surface area contributed by atoms with E-state index in [1.165, 1.54) is 0 Å². The third kappa shape index (κ3) is 2.44. The molecule has 2 heterocycles. The lowest BCUT2D eigenvalue weighted by Crippen LogP contribution is -2.44. The maximum Gasteiger partial charge on any atom is 0.242 e. The summed E-state index contributed by atoms with van der Waals surface area (Å²) in [5, 5.41) is 5.91. The molecule has 4 N–H and O–H groups in total. The number of piperidine rings is 1. The molecular formula is C10H13BrN4O. The number of aromatic nitrogens is 1. The second kappa shape index (κ2) is 4.69. The molecule has 1 aromatic heterocycles. The Kier molecular flexibility index (Phi) is 3.28.